The molecule has 2 aromatic carbocycles. The number of anilines is 1. The number of carbonyl (C=O) groups excluding carboxylic acids is 1. The minimum absolute atomic E-state index is 0.117. The molecule has 0 saturated heterocycles. The predicted molar refractivity (Wildman–Crippen MR) is 80.9 cm³/mol. The van der Waals surface area contributed by atoms with Crippen molar-refractivity contribution in [3.8, 4) is 0 Å². The van der Waals surface area contributed by atoms with Gasteiger partial charge in [0.15, 0.2) is 0 Å². The van der Waals surface area contributed by atoms with Gasteiger partial charge in [-0.15, -0.1) is 0 Å². The minimum atomic E-state index is -0.295. The predicted octanol–water partition coefficient (Wildman–Crippen LogP) is 4.04. The maximum absolute atomic E-state index is 11.9. The smallest absolute Gasteiger partial charge is 0.340 e. The van der Waals surface area contributed by atoms with Crippen LogP contribution in [0, 0.1) is 0 Å². The van der Waals surface area contributed by atoms with Crippen LogP contribution < -0.4 is 5.32 Å². The van der Waals surface area contributed by atoms with Crippen molar-refractivity contribution in [1.82, 2.24) is 0 Å². The molecule has 3 heteroatoms. The maximum atomic E-state index is 11.9. The molecule has 0 saturated carbocycles. The third kappa shape index (κ3) is 3.38. The van der Waals surface area contributed by atoms with E-state index >= 15 is 0 Å². The first kappa shape index (κ1) is 14.1. The molecule has 0 radical (unpaired) electrons. The molecule has 0 bridgehead atoms. The van der Waals surface area contributed by atoms with Gasteiger partial charge < -0.3 is 10.1 Å². The Bertz CT molecular complexity index is 566. The number of carbonyl (C=O) groups is 1. The van der Waals surface area contributed by atoms with E-state index in [0.717, 1.165) is 5.69 Å². The van der Waals surface area contributed by atoms with Crippen LogP contribution in [-0.4, -0.2) is 12.6 Å². The van der Waals surface area contributed by atoms with Gasteiger partial charge in [0, 0.05) is 11.7 Å². The third-order valence-corrected chi connectivity index (χ3v) is 3.09. The van der Waals surface area contributed by atoms with Gasteiger partial charge in [0.05, 0.1) is 12.2 Å². The van der Waals surface area contributed by atoms with Crippen LogP contribution in [0.3, 0.4) is 0 Å². The molecule has 1 N–H and O–H groups in total. The zero-order valence-corrected chi connectivity index (χ0v) is 11.8. The van der Waals surface area contributed by atoms with E-state index in [-0.39, 0.29) is 12.0 Å². The van der Waals surface area contributed by atoms with Crippen LogP contribution in [-0.2, 0) is 4.74 Å². The average Bonchev–Trinajstić information content (AvgIpc) is 2.49. The first-order chi connectivity index (χ1) is 9.72. The second-order valence-corrected chi connectivity index (χ2v) is 4.54. The van der Waals surface area contributed by atoms with E-state index in [1.165, 1.54) is 5.56 Å². The molecule has 0 aliphatic heterocycles. The Hall–Kier alpha value is -2.29. The van der Waals surface area contributed by atoms with Crippen molar-refractivity contribution in [2.45, 2.75) is 19.9 Å². The standard InChI is InChI=1S/C17H19NO2/c1-3-20-17(19)15-11-7-8-12-16(15)18-13(2)14-9-5-4-6-10-14/h4-13,18H,3H2,1-2H3/t13-/m0/s1. The summed E-state index contributed by atoms with van der Waals surface area (Å²) < 4.78 is 5.08. The molecule has 3 nitrogen and oxygen atoms in total. The summed E-state index contributed by atoms with van der Waals surface area (Å²) in [6, 6.07) is 17.6. The highest BCUT2D eigenvalue weighted by molar-refractivity contribution is 5.95. The lowest BCUT2D eigenvalue weighted by Crippen LogP contribution is -2.12. The number of nitrogens with one attached hydrogen (secondary N) is 1. The molecule has 0 unspecified atom stereocenters. The summed E-state index contributed by atoms with van der Waals surface area (Å²) >= 11 is 0. The molecule has 1 atom stereocenters. The lowest BCUT2D eigenvalue weighted by Gasteiger charge is -2.17. The molecule has 0 amide bonds. The van der Waals surface area contributed by atoms with Crippen LogP contribution in [0.4, 0.5) is 5.69 Å². The summed E-state index contributed by atoms with van der Waals surface area (Å²) in [6.07, 6.45) is 0. The van der Waals surface area contributed by atoms with Gasteiger partial charge in [-0.3, -0.25) is 0 Å². The van der Waals surface area contributed by atoms with Crippen molar-refractivity contribution in [3.05, 3.63) is 65.7 Å². The molecule has 0 aliphatic carbocycles. The molecular formula is C17H19NO2. The van der Waals surface area contributed by atoms with Crippen LogP contribution >= 0.6 is 0 Å². The van der Waals surface area contributed by atoms with Crippen molar-refractivity contribution in [3.63, 3.8) is 0 Å². The van der Waals surface area contributed by atoms with E-state index in [9.17, 15) is 4.79 Å². The highest BCUT2D eigenvalue weighted by Crippen LogP contribution is 2.22. The molecule has 0 heterocycles. The van der Waals surface area contributed by atoms with E-state index in [4.69, 9.17) is 4.74 Å². The molecular weight excluding hydrogens is 250 g/mol. The number of benzene rings is 2. The summed E-state index contributed by atoms with van der Waals surface area (Å²) in [5, 5.41) is 3.37. The van der Waals surface area contributed by atoms with E-state index in [0.29, 0.717) is 12.2 Å². The molecule has 104 valence electrons. The lowest BCUT2D eigenvalue weighted by molar-refractivity contribution is 0.0527. The Morgan fingerprint density at radius 1 is 1.10 bits per heavy atom. The van der Waals surface area contributed by atoms with Gasteiger partial charge >= 0.3 is 5.97 Å². The molecule has 2 rings (SSSR count). The van der Waals surface area contributed by atoms with Gasteiger partial charge in [-0.2, -0.15) is 0 Å². The normalized spacial score (nSPS) is 11.7. The van der Waals surface area contributed by atoms with Gasteiger partial charge in [0.1, 0.15) is 0 Å². The number of rotatable bonds is 5. The first-order valence-electron chi connectivity index (χ1n) is 6.80. The Kier molecular flexibility index (Phi) is 4.77. The second kappa shape index (κ2) is 6.75. The number of esters is 1. The highest BCUT2D eigenvalue weighted by Gasteiger charge is 2.13. The molecule has 0 fully saturated rings. The van der Waals surface area contributed by atoms with Crippen LogP contribution in [0.1, 0.15) is 35.8 Å². The van der Waals surface area contributed by atoms with Crippen molar-refractivity contribution < 1.29 is 9.53 Å². The SMILES string of the molecule is CCOC(=O)c1ccccc1N[C@@H](C)c1ccccc1. The van der Waals surface area contributed by atoms with E-state index in [2.05, 4.69) is 24.4 Å². The molecule has 0 aromatic heterocycles. The minimum Gasteiger partial charge on any atom is -0.462 e. The van der Waals surface area contributed by atoms with Crippen LogP contribution in [0.25, 0.3) is 0 Å². The van der Waals surface area contributed by atoms with Crippen LogP contribution in [0.5, 0.6) is 0 Å². The zero-order chi connectivity index (χ0) is 14.4. The topological polar surface area (TPSA) is 38.3 Å². The second-order valence-electron chi connectivity index (χ2n) is 4.54. The Labute approximate surface area is 119 Å². The van der Waals surface area contributed by atoms with Crippen molar-refractivity contribution in [2.75, 3.05) is 11.9 Å². The fraction of sp³-hybridized carbons (Fsp3) is 0.235. The summed E-state index contributed by atoms with van der Waals surface area (Å²) in [6.45, 7) is 4.25. The fourth-order valence-electron chi connectivity index (χ4n) is 2.05. The Balaban J connectivity index is 2.19. The zero-order valence-electron chi connectivity index (χ0n) is 11.8. The average molecular weight is 269 g/mol. The van der Waals surface area contributed by atoms with Gasteiger partial charge in [-0.05, 0) is 31.5 Å². The summed E-state index contributed by atoms with van der Waals surface area (Å²) in [5.41, 5.74) is 2.53. The largest absolute Gasteiger partial charge is 0.462 e. The Morgan fingerprint density at radius 2 is 1.75 bits per heavy atom. The Morgan fingerprint density at radius 3 is 2.45 bits per heavy atom. The molecule has 2 aromatic rings. The number of hydrogen-bond donors (Lipinski definition) is 1. The summed E-state index contributed by atoms with van der Waals surface area (Å²) in [4.78, 5) is 11.9. The molecule has 20 heavy (non-hydrogen) atoms. The summed E-state index contributed by atoms with van der Waals surface area (Å²) in [5.74, 6) is -0.295. The highest BCUT2D eigenvalue weighted by atomic mass is 16.5. The van der Waals surface area contributed by atoms with E-state index in [1.807, 2.05) is 36.4 Å². The number of ether oxygens (including phenoxy) is 1. The lowest BCUT2D eigenvalue weighted by atomic mass is 10.1. The van der Waals surface area contributed by atoms with Crippen LogP contribution in [0.15, 0.2) is 54.6 Å². The van der Waals surface area contributed by atoms with Gasteiger partial charge in [-0.25, -0.2) is 4.79 Å². The molecule has 0 aliphatic rings. The van der Waals surface area contributed by atoms with E-state index < -0.39 is 0 Å². The van der Waals surface area contributed by atoms with Gasteiger partial charge in [0.2, 0.25) is 0 Å². The van der Waals surface area contributed by atoms with Crippen molar-refractivity contribution >= 4 is 11.7 Å². The van der Waals surface area contributed by atoms with Crippen LogP contribution in [0.2, 0.25) is 0 Å². The first-order valence-corrected chi connectivity index (χ1v) is 6.80. The quantitative estimate of drug-likeness (QED) is 0.833. The fourth-order valence-corrected chi connectivity index (χ4v) is 2.05. The van der Waals surface area contributed by atoms with E-state index in [1.54, 1.807) is 13.0 Å². The van der Waals surface area contributed by atoms with Gasteiger partial charge in [0.25, 0.3) is 0 Å². The van der Waals surface area contributed by atoms with Crippen molar-refractivity contribution in [2.24, 2.45) is 0 Å². The maximum Gasteiger partial charge on any atom is 0.340 e. The van der Waals surface area contributed by atoms with Gasteiger partial charge in [-0.1, -0.05) is 42.5 Å². The monoisotopic (exact) mass is 269 g/mol. The molecule has 0 spiro atoms. The number of hydrogen-bond acceptors (Lipinski definition) is 3. The number of para-hydroxylation sites is 1. The van der Waals surface area contributed by atoms with Crippen molar-refractivity contribution in [1.29, 1.82) is 0 Å². The summed E-state index contributed by atoms with van der Waals surface area (Å²) in [7, 11) is 0. The third-order valence-electron chi connectivity index (χ3n) is 3.09.